The Morgan fingerprint density at radius 3 is 2.73 bits per heavy atom. The molecule has 0 radical (unpaired) electrons. The molecule has 3 rings (SSSR count). The van der Waals surface area contributed by atoms with Crippen molar-refractivity contribution in [1.29, 1.82) is 0 Å². The summed E-state index contributed by atoms with van der Waals surface area (Å²) in [6, 6.07) is 0. The second-order valence-electron chi connectivity index (χ2n) is 4.87. The highest BCUT2D eigenvalue weighted by molar-refractivity contribution is 5.91. The third-order valence-corrected chi connectivity index (χ3v) is 3.93. The van der Waals surface area contributed by atoms with Crippen LogP contribution in [0.2, 0.25) is 0 Å². The maximum absolute atomic E-state index is 11.7. The minimum atomic E-state index is -0.193. The summed E-state index contributed by atoms with van der Waals surface area (Å²) < 4.78 is 0. The van der Waals surface area contributed by atoms with Crippen LogP contribution in [0.5, 0.6) is 0 Å². The highest BCUT2D eigenvalue weighted by Gasteiger charge is 2.52. The fourth-order valence-corrected chi connectivity index (χ4v) is 2.76. The van der Waals surface area contributed by atoms with Crippen molar-refractivity contribution in [3.8, 4) is 0 Å². The van der Waals surface area contributed by atoms with Crippen LogP contribution in [0, 0.1) is 0 Å². The first-order valence-corrected chi connectivity index (χ1v) is 5.82. The lowest BCUT2D eigenvalue weighted by Gasteiger charge is -2.15. The number of aromatic nitrogens is 2. The van der Waals surface area contributed by atoms with Crippen LogP contribution in [0.1, 0.15) is 49.6 Å². The molecule has 1 aromatic rings. The number of aromatic amines is 1. The number of nitrogens with zero attached hydrogens (tertiary/aromatic N) is 1. The molecule has 2 aliphatic rings. The third kappa shape index (κ3) is 1.18. The van der Waals surface area contributed by atoms with Crippen molar-refractivity contribution in [3.05, 3.63) is 17.0 Å². The molecule has 1 aromatic heterocycles. The molecule has 1 heterocycles. The number of carbonyl (C=O) groups excluding carboxylic acids is 1. The van der Waals surface area contributed by atoms with E-state index in [1.54, 1.807) is 6.92 Å². The lowest BCUT2D eigenvalue weighted by atomic mass is 9.88. The van der Waals surface area contributed by atoms with Gasteiger partial charge < -0.3 is 0 Å². The topological polar surface area (TPSA) is 45.8 Å². The zero-order valence-electron chi connectivity index (χ0n) is 9.10. The molecule has 1 saturated carbocycles. The van der Waals surface area contributed by atoms with E-state index in [1.807, 2.05) is 0 Å². The maximum atomic E-state index is 11.7. The van der Waals surface area contributed by atoms with Crippen LogP contribution < -0.4 is 0 Å². The predicted molar refractivity (Wildman–Crippen MR) is 56.8 cm³/mol. The van der Waals surface area contributed by atoms with E-state index >= 15 is 0 Å². The zero-order chi connectivity index (χ0) is 10.5. The van der Waals surface area contributed by atoms with Gasteiger partial charge in [0.2, 0.25) is 0 Å². The van der Waals surface area contributed by atoms with Gasteiger partial charge in [-0.05, 0) is 51.0 Å². The second-order valence-corrected chi connectivity index (χ2v) is 4.87. The number of rotatable bonds is 2. The minimum absolute atomic E-state index is 0.193. The first kappa shape index (κ1) is 9.13. The number of hydrogen-bond acceptors (Lipinski definition) is 2. The monoisotopic (exact) mass is 204 g/mol. The summed E-state index contributed by atoms with van der Waals surface area (Å²) in [4.78, 5) is 11.7. The number of H-pyrrole nitrogens is 1. The molecule has 0 atom stereocenters. The molecule has 1 N–H and O–H groups in total. The average Bonchev–Trinajstić information content (AvgIpc) is 2.93. The molecular formula is C12H16N2O. The smallest absolute Gasteiger partial charge is 0.141 e. The Balaban J connectivity index is 2.06. The molecular weight excluding hydrogens is 188 g/mol. The number of carbonyl (C=O) groups is 1. The van der Waals surface area contributed by atoms with Crippen LogP contribution >= 0.6 is 0 Å². The molecule has 0 aromatic carbocycles. The van der Waals surface area contributed by atoms with Gasteiger partial charge in [0, 0.05) is 5.69 Å². The van der Waals surface area contributed by atoms with E-state index in [2.05, 4.69) is 10.2 Å². The van der Waals surface area contributed by atoms with Crippen molar-refractivity contribution in [2.45, 2.75) is 50.9 Å². The van der Waals surface area contributed by atoms with Crippen LogP contribution in [-0.4, -0.2) is 16.0 Å². The maximum Gasteiger partial charge on any atom is 0.141 e. The molecule has 0 aliphatic heterocycles. The summed E-state index contributed by atoms with van der Waals surface area (Å²) in [5.74, 6) is 0.294. The van der Waals surface area contributed by atoms with Gasteiger partial charge in [-0.1, -0.05) is 0 Å². The van der Waals surface area contributed by atoms with Crippen molar-refractivity contribution in [2.24, 2.45) is 0 Å². The van der Waals surface area contributed by atoms with Gasteiger partial charge in [-0.2, -0.15) is 5.10 Å². The third-order valence-electron chi connectivity index (χ3n) is 3.93. The quantitative estimate of drug-likeness (QED) is 0.799. The first-order chi connectivity index (χ1) is 7.24. The molecule has 0 unspecified atom stereocenters. The van der Waals surface area contributed by atoms with Gasteiger partial charge in [-0.15, -0.1) is 0 Å². The molecule has 0 amide bonds. The summed E-state index contributed by atoms with van der Waals surface area (Å²) in [5, 5.41) is 7.53. The molecule has 0 saturated heterocycles. The standard InChI is InChI=1S/C12H16N2O/c1-8(15)12(6-7-12)11-9-4-2-3-5-10(9)13-14-11/h2-7H2,1H3,(H,13,14). The Morgan fingerprint density at radius 1 is 1.33 bits per heavy atom. The minimum Gasteiger partial charge on any atom is -0.299 e. The van der Waals surface area contributed by atoms with E-state index in [0.29, 0.717) is 5.78 Å². The van der Waals surface area contributed by atoms with Crippen LogP contribution in [0.4, 0.5) is 0 Å². The van der Waals surface area contributed by atoms with Gasteiger partial charge in [0.05, 0.1) is 11.1 Å². The first-order valence-electron chi connectivity index (χ1n) is 5.82. The molecule has 0 spiro atoms. The lowest BCUT2D eigenvalue weighted by molar-refractivity contribution is -0.119. The van der Waals surface area contributed by atoms with E-state index < -0.39 is 0 Å². The molecule has 3 heteroatoms. The van der Waals surface area contributed by atoms with E-state index in [1.165, 1.54) is 24.1 Å². The Hall–Kier alpha value is -1.12. The summed E-state index contributed by atoms with van der Waals surface area (Å²) in [6.07, 6.45) is 6.71. The van der Waals surface area contributed by atoms with E-state index in [-0.39, 0.29) is 5.41 Å². The molecule has 80 valence electrons. The highest BCUT2D eigenvalue weighted by Crippen LogP contribution is 2.50. The highest BCUT2D eigenvalue weighted by atomic mass is 16.1. The van der Waals surface area contributed by atoms with Gasteiger partial charge in [0.1, 0.15) is 5.78 Å². The van der Waals surface area contributed by atoms with Crippen molar-refractivity contribution in [3.63, 3.8) is 0 Å². The average molecular weight is 204 g/mol. The lowest BCUT2D eigenvalue weighted by Crippen LogP contribution is -2.20. The largest absolute Gasteiger partial charge is 0.299 e. The molecule has 0 bridgehead atoms. The molecule has 2 aliphatic carbocycles. The normalized spacial score (nSPS) is 22.2. The number of Topliss-reactive ketones (excluding diaryl/α,β-unsaturated/α-hetero) is 1. The van der Waals surface area contributed by atoms with Crippen LogP contribution in [-0.2, 0) is 23.1 Å². The molecule has 15 heavy (non-hydrogen) atoms. The van der Waals surface area contributed by atoms with E-state index in [0.717, 1.165) is 31.4 Å². The number of aryl methyl sites for hydroxylation is 1. The zero-order valence-corrected chi connectivity index (χ0v) is 9.10. The number of nitrogens with one attached hydrogen (secondary N) is 1. The van der Waals surface area contributed by atoms with Crippen molar-refractivity contribution in [1.82, 2.24) is 10.2 Å². The van der Waals surface area contributed by atoms with E-state index in [9.17, 15) is 4.79 Å². The van der Waals surface area contributed by atoms with Gasteiger partial charge in [-0.25, -0.2) is 0 Å². The van der Waals surface area contributed by atoms with Gasteiger partial charge in [-0.3, -0.25) is 9.89 Å². The summed E-state index contributed by atoms with van der Waals surface area (Å²) in [6.45, 7) is 1.71. The van der Waals surface area contributed by atoms with Crippen LogP contribution in [0.15, 0.2) is 0 Å². The van der Waals surface area contributed by atoms with Crippen molar-refractivity contribution < 1.29 is 4.79 Å². The predicted octanol–water partition coefficient (Wildman–Crippen LogP) is 1.91. The summed E-state index contributed by atoms with van der Waals surface area (Å²) in [7, 11) is 0. The second kappa shape index (κ2) is 2.94. The summed E-state index contributed by atoms with van der Waals surface area (Å²) >= 11 is 0. The molecule has 3 nitrogen and oxygen atoms in total. The van der Waals surface area contributed by atoms with Gasteiger partial charge >= 0.3 is 0 Å². The van der Waals surface area contributed by atoms with Crippen LogP contribution in [0.3, 0.4) is 0 Å². The number of fused-ring (bicyclic) bond motifs is 1. The Morgan fingerprint density at radius 2 is 2.07 bits per heavy atom. The van der Waals surface area contributed by atoms with Gasteiger partial charge in [0.25, 0.3) is 0 Å². The number of ketones is 1. The fraction of sp³-hybridized carbons (Fsp3) is 0.667. The Kier molecular flexibility index (Phi) is 1.79. The Labute approximate surface area is 89.3 Å². The molecule has 1 fully saturated rings. The van der Waals surface area contributed by atoms with Gasteiger partial charge in [0.15, 0.2) is 0 Å². The van der Waals surface area contributed by atoms with E-state index in [4.69, 9.17) is 0 Å². The van der Waals surface area contributed by atoms with Crippen molar-refractivity contribution >= 4 is 5.78 Å². The van der Waals surface area contributed by atoms with Crippen LogP contribution in [0.25, 0.3) is 0 Å². The fourth-order valence-electron chi connectivity index (χ4n) is 2.76. The Bertz CT molecular complexity index is 415. The summed E-state index contributed by atoms with van der Waals surface area (Å²) in [5.41, 5.74) is 3.52. The van der Waals surface area contributed by atoms with Crippen molar-refractivity contribution in [2.75, 3.05) is 0 Å². The SMILES string of the molecule is CC(=O)C1(c2n[nH]c3c2CCCC3)CC1. The number of hydrogen-bond donors (Lipinski definition) is 1.